The SMILES string of the molecule is CC(C)(O)[C@@H]1CC[C@@](C)(O)[C@H](O)C1. The van der Waals surface area contributed by atoms with Crippen LogP contribution in [0.4, 0.5) is 0 Å². The molecule has 0 amide bonds. The van der Waals surface area contributed by atoms with Crippen molar-refractivity contribution in [2.24, 2.45) is 5.92 Å². The van der Waals surface area contributed by atoms with Crippen molar-refractivity contribution in [3.63, 3.8) is 0 Å². The molecule has 13 heavy (non-hydrogen) atoms. The second kappa shape index (κ2) is 3.23. The Morgan fingerprint density at radius 1 is 1.38 bits per heavy atom. The molecule has 1 aliphatic carbocycles. The van der Waals surface area contributed by atoms with Gasteiger partial charge in [-0.05, 0) is 46.0 Å². The van der Waals surface area contributed by atoms with Gasteiger partial charge < -0.3 is 15.3 Å². The van der Waals surface area contributed by atoms with Crippen LogP contribution in [-0.4, -0.2) is 32.6 Å². The molecule has 1 aliphatic rings. The molecule has 0 aromatic carbocycles. The van der Waals surface area contributed by atoms with Crippen LogP contribution in [0, 0.1) is 5.92 Å². The van der Waals surface area contributed by atoms with E-state index in [1.54, 1.807) is 20.8 Å². The lowest BCUT2D eigenvalue weighted by Gasteiger charge is -2.42. The van der Waals surface area contributed by atoms with Gasteiger partial charge in [0, 0.05) is 0 Å². The van der Waals surface area contributed by atoms with Crippen LogP contribution in [0.2, 0.25) is 0 Å². The molecule has 0 saturated heterocycles. The molecule has 0 aromatic rings. The average molecular weight is 188 g/mol. The molecule has 0 unspecified atom stereocenters. The molecule has 0 aliphatic heterocycles. The first-order valence-corrected chi connectivity index (χ1v) is 4.86. The zero-order valence-electron chi connectivity index (χ0n) is 8.62. The van der Waals surface area contributed by atoms with Crippen LogP contribution in [0.25, 0.3) is 0 Å². The summed E-state index contributed by atoms with van der Waals surface area (Å²) in [7, 11) is 0. The van der Waals surface area contributed by atoms with Crippen LogP contribution in [0.3, 0.4) is 0 Å². The predicted molar refractivity (Wildman–Crippen MR) is 50.3 cm³/mol. The molecule has 0 heterocycles. The molecule has 3 nitrogen and oxygen atoms in total. The van der Waals surface area contributed by atoms with Crippen LogP contribution in [0.15, 0.2) is 0 Å². The maximum Gasteiger partial charge on any atom is 0.0877 e. The van der Waals surface area contributed by atoms with Crippen molar-refractivity contribution < 1.29 is 15.3 Å². The summed E-state index contributed by atoms with van der Waals surface area (Å²) in [6, 6.07) is 0. The van der Waals surface area contributed by atoms with Gasteiger partial charge in [-0.2, -0.15) is 0 Å². The largest absolute Gasteiger partial charge is 0.390 e. The third-order valence-electron chi connectivity index (χ3n) is 3.22. The van der Waals surface area contributed by atoms with E-state index in [-0.39, 0.29) is 5.92 Å². The highest BCUT2D eigenvalue weighted by Gasteiger charge is 2.41. The zero-order valence-corrected chi connectivity index (χ0v) is 8.62. The van der Waals surface area contributed by atoms with Gasteiger partial charge >= 0.3 is 0 Å². The summed E-state index contributed by atoms with van der Waals surface area (Å²) in [5, 5.41) is 29.0. The van der Waals surface area contributed by atoms with E-state index >= 15 is 0 Å². The fraction of sp³-hybridized carbons (Fsp3) is 1.00. The van der Waals surface area contributed by atoms with Gasteiger partial charge in [-0.15, -0.1) is 0 Å². The first kappa shape index (κ1) is 11.0. The Morgan fingerprint density at radius 2 is 1.92 bits per heavy atom. The molecule has 3 atom stereocenters. The quantitative estimate of drug-likeness (QED) is 0.567. The molecule has 0 spiro atoms. The fourth-order valence-corrected chi connectivity index (χ4v) is 1.92. The second-order valence-corrected chi connectivity index (χ2v) is 5.00. The Hall–Kier alpha value is -0.120. The van der Waals surface area contributed by atoms with E-state index in [2.05, 4.69) is 0 Å². The molecule has 3 N–H and O–H groups in total. The van der Waals surface area contributed by atoms with Gasteiger partial charge in [-0.1, -0.05) is 0 Å². The van der Waals surface area contributed by atoms with E-state index in [4.69, 9.17) is 0 Å². The summed E-state index contributed by atoms with van der Waals surface area (Å²) in [6.07, 6.45) is 1.10. The highest BCUT2D eigenvalue weighted by atomic mass is 16.3. The van der Waals surface area contributed by atoms with E-state index in [0.717, 1.165) is 6.42 Å². The minimum Gasteiger partial charge on any atom is -0.390 e. The number of hydrogen-bond acceptors (Lipinski definition) is 3. The molecule has 1 fully saturated rings. The van der Waals surface area contributed by atoms with Crippen molar-refractivity contribution >= 4 is 0 Å². The minimum atomic E-state index is -0.970. The van der Waals surface area contributed by atoms with Crippen molar-refractivity contribution in [3.8, 4) is 0 Å². The van der Waals surface area contributed by atoms with Crippen LogP contribution >= 0.6 is 0 Å². The van der Waals surface area contributed by atoms with E-state index in [1.165, 1.54) is 0 Å². The molecule has 1 rings (SSSR count). The topological polar surface area (TPSA) is 60.7 Å². The molecule has 0 radical (unpaired) electrons. The van der Waals surface area contributed by atoms with Crippen LogP contribution in [-0.2, 0) is 0 Å². The van der Waals surface area contributed by atoms with Crippen molar-refractivity contribution in [2.45, 2.75) is 57.3 Å². The Balaban J connectivity index is 2.61. The summed E-state index contributed by atoms with van der Waals surface area (Å²) < 4.78 is 0. The fourth-order valence-electron chi connectivity index (χ4n) is 1.92. The number of aliphatic hydroxyl groups excluding tert-OH is 1. The van der Waals surface area contributed by atoms with Crippen LogP contribution in [0.1, 0.15) is 40.0 Å². The molecule has 78 valence electrons. The van der Waals surface area contributed by atoms with Crippen LogP contribution < -0.4 is 0 Å². The molecule has 0 bridgehead atoms. The van der Waals surface area contributed by atoms with E-state index in [0.29, 0.717) is 12.8 Å². The van der Waals surface area contributed by atoms with Crippen molar-refractivity contribution in [3.05, 3.63) is 0 Å². The van der Waals surface area contributed by atoms with Gasteiger partial charge in [0.1, 0.15) is 0 Å². The molecule has 1 saturated carbocycles. The lowest BCUT2D eigenvalue weighted by molar-refractivity contribution is -0.126. The van der Waals surface area contributed by atoms with E-state index in [9.17, 15) is 15.3 Å². The maximum absolute atomic E-state index is 9.74. The smallest absolute Gasteiger partial charge is 0.0877 e. The van der Waals surface area contributed by atoms with Gasteiger partial charge in [-0.25, -0.2) is 0 Å². The van der Waals surface area contributed by atoms with E-state index < -0.39 is 17.3 Å². The summed E-state index contributed by atoms with van der Waals surface area (Å²) in [5.41, 5.74) is -1.72. The highest BCUT2D eigenvalue weighted by molar-refractivity contribution is 4.93. The Bertz CT molecular complexity index is 181. The van der Waals surface area contributed by atoms with Crippen molar-refractivity contribution in [1.29, 1.82) is 0 Å². The molecular formula is C10H20O3. The summed E-state index contributed by atoms with van der Waals surface area (Å²) >= 11 is 0. The molecule has 0 aromatic heterocycles. The number of rotatable bonds is 1. The summed E-state index contributed by atoms with van der Waals surface area (Å²) in [4.78, 5) is 0. The second-order valence-electron chi connectivity index (χ2n) is 5.00. The Labute approximate surface area is 79.4 Å². The van der Waals surface area contributed by atoms with Gasteiger partial charge in [-0.3, -0.25) is 0 Å². The predicted octanol–water partition coefficient (Wildman–Crippen LogP) is 0.669. The van der Waals surface area contributed by atoms with Crippen molar-refractivity contribution in [2.75, 3.05) is 0 Å². The lowest BCUT2D eigenvalue weighted by Crippen LogP contribution is -2.48. The highest BCUT2D eigenvalue weighted by Crippen LogP contribution is 2.37. The lowest BCUT2D eigenvalue weighted by atomic mass is 9.72. The Kier molecular flexibility index (Phi) is 2.72. The third kappa shape index (κ3) is 2.42. The Morgan fingerprint density at radius 3 is 2.31 bits per heavy atom. The maximum atomic E-state index is 9.74. The monoisotopic (exact) mass is 188 g/mol. The summed E-state index contributed by atoms with van der Waals surface area (Å²) in [6.45, 7) is 5.16. The van der Waals surface area contributed by atoms with Gasteiger partial charge in [0.05, 0.1) is 17.3 Å². The standard InChI is InChI=1S/C10H20O3/c1-9(2,12)7-4-5-10(3,13)8(11)6-7/h7-8,11-13H,4-6H2,1-3H3/t7-,8-,10-/m1/s1. The van der Waals surface area contributed by atoms with Gasteiger partial charge in [0.2, 0.25) is 0 Å². The first-order valence-electron chi connectivity index (χ1n) is 4.86. The summed E-state index contributed by atoms with van der Waals surface area (Å²) in [5.74, 6) is 0.0859. The zero-order chi connectivity index (χ0) is 10.3. The van der Waals surface area contributed by atoms with Crippen molar-refractivity contribution in [1.82, 2.24) is 0 Å². The van der Waals surface area contributed by atoms with Gasteiger partial charge in [0.25, 0.3) is 0 Å². The average Bonchev–Trinajstić information content (AvgIpc) is 1.92. The van der Waals surface area contributed by atoms with Gasteiger partial charge in [0.15, 0.2) is 0 Å². The third-order valence-corrected chi connectivity index (χ3v) is 3.22. The number of aliphatic hydroxyl groups is 3. The minimum absolute atomic E-state index is 0.0859. The first-order chi connectivity index (χ1) is 5.73. The van der Waals surface area contributed by atoms with Crippen LogP contribution in [0.5, 0.6) is 0 Å². The molecular weight excluding hydrogens is 168 g/mol. The molecule has 3 heteroatoms. The normalized spacial score (nSPS) is 42.0. The number of hydrogen-bond donors (Lipinski definition) is 3. The van der Waals surface area contributed by atoms with E-state index in [1.807, 2.05) is 0 Å².